The SMILES string of the molecule is COc1cc(CNC(=O)CCCC/C=C/C(C)C)ccc1C(C)(C(=O)O)N1c2ncccc2C=CC1C. The Hall–Kier alpha value is -3.61. The number of aromatic nitrogens is 1. The monoisotopic (exact) mass is 505 g/mol. The fraction of sp³-hybridized carbons (Fsp3) is 0.433. The molecular weight excluding hydrogens is 466 g/mol. The van der Waals surface area contributed by atoms with Crippen LogP contribution in [0.25, 0.3) is 6.08 Å². The lowest BCUT2D eigenvalue weighted by Gasteiger charge is -2.44. The maximum absolute atomic E-state index is 12.8. The molecule has 2 atom stereocenters. The lowest BCUT2D eigenvalue weighted by molar-refractivity contribution is -0.143. The number of allylic oxidation sites excluding steroid dienone is 2. The van der Waals surface area contributed by atoms with Crippen LogP contribution in [0, 0.1) is 5.92 Å². The molecule has 198 valence electrons. The molecule has 0 fully saturated rings. The molecule has 7 nitrogen and oxygen atoms in total. The molecule has 37 heavy (non-hydrogen) atoms. The quantitative estimate of drug-likeness (QED) is 0.284. The standard InChI is InChI=1S/C30H39N3O4/c1-21(2)11-8-6-7-9-13-27(34)32-20-23-15-17-25(26(19-23)37-5)30(4,29(35)36)33-22(3)14-16-24-12-10-18-31-28(24)33/h8,10-12,14-19,21-22H,6-7,9,13,20H2,1-5H3,(H,32,34)(H,35,36)/b11-8+. The van der Waals surface area contributed by atoms with Crippen LogP contribution in [0.5, 0.6) is 5.75 Å². The van der Waals surface area contributed by atoms with Crippen molar-refractivity contribution in [1.82, 2.24) is 10.3 Å². The second kappa shape index (κ2) is 12.6. The van der Waals surface area contributed by atoms with Crippen LogP contribution in [0.15, 0.2) is 54.8 Å². The number of rotatable bonds is 12. The Morgan fingerprint density at radius 1 is 1.27 bits per heavy atom. The number of methoxy groups -OCH3 is 1. The van der Waals surface area contributed by atoms with E-state index >= 15 is 0 Å². The van der Waals surface area contributed by atoms with Crippen LogP contribution in [0.2, 0.25) is 0 Å². The largest absolute Gasteiger partial charge is 0.496 e. The number of nitrogens with zero attached hydrogens (tertiary/aromatic N) is 2. The Kier molecular flexibility index (Phi) is 9.50. The summed E-state index contributed by atoms with van der Waals surface area (Å²) in [5.41, 5.74) is 0.782. The number of unbranched alkanes of at least 4 members (excludes halogenated alkanes) is 2. The van der Waals surface area contributed by atoms with Crippen LogP contribution in [-0.4, -0.2) is 35.1 Å². The summed E-state index contributed by atoms with van der Waals surface area (Å²) in [5.74, 6) is 0.609. The van der Waals surface area contributed by atoms with E-state index in [4.69, 9.17) is 4.74 Å². The summed E-state index contributed by atoms with van der Waals surface area (Å²) in [7, 11) is 1.53. The van der Waals surface area contributed by atoms with Crippen molar-refractivity contribution in [3.8, 4) is 5.75 Å². The highest BCUT2D eigenvalue weighted by molar-refractivity contribution is 5.88. The van der Waals surface area contributed by atoms with Gasteiger partial charge in [0, 0.05) is 36.3 Å². The van der Waals surface area contributed by atoms with E-state index in [0.29, 0.717) is 36.0 Å². The number of ether oxygens (including phenoxy) is 1. The number of amides is 1. The van der Waals surface area contributed by atoms with Gasteiger partial charge in [-0.3, -0.25) is 4.79 Å². The highest BCUT2D eigenvalue weighted by Gasteiger charge is 2.47. The number of carboxylic acid groups (broad SMARTS) is 1. The van der Waals surface area contributed by atoms with Crippen molar-refractivity contribution in [2.75, 3.05) is 12.0 Å². The van der Waals surface area contributed by atoms with Crippen molar-refractivity contribution < 1.29 is 19.4 Å². The molecule has 2 N–H and O–H groups in total. The first kappa shape index (κ1) is 28.0. The summed E-state index contributed by atoms with van der Waals surface area (Å²) in [6.07, 6.45) is 13.3. The minimum absolute atomic E-state index is 0.00265. The van der Waals surface area contributed by atoms with E-state index in [-0.39, 0.29) is 11.9 Å². The normalized spacial score (nSPS) is 16.5. The maximum Gasteiger partial charge on any atom is 0.334 e. The number of pyridine rings is 1. The van der Waals surface area contributed by atoms with Gasteiger partial charge in [-0.2, -0.15) is 0 Å². The molecule has 2 unspecified atom stereocenters. The number of carbonyl (C=O) groups is 2. The van der Waals surface area contributed by atoms with Crippen molar-refractivity contribution in [2.24, 2.45) is 5.92 Å². The van der Waals surface area contributed by atoms with Crippen LogP contribution in [0.1, 0.15) is 70.1 Å². The number of hydrogen-bond donors (Lipinski definition) is 2. The molecule has 2 heterocycles. The average Bonchev–Trinajstić information content (AvgIpc) is 2.88. The molecule has 0 aliphatic carbocycles. The minimum Gasteiger partial charge on any atom is -0.496 e. The van der Waals surface area contributed by atoms with Crippen molar-refractivity contribution in [2.45, 2.75) is 71.5 Å². The fourth-order valence-electron chi connectivity index (χ4n) is 4.68. The van der Waals surface area contributed by atoms with Crippen LogP contribution in [-0.2, 0) is 21.7 Å². The zero-order valence-electron chi connectivity index (χ0n) is 22.5. The van der Waals surface area contributed by atoms with Crippen LogP contribution < -0.4 is 15.0 Å². The van der Waals surface area contributed by atoms with Crippen molar-refractivity contribution in [3.63, 3.8) is 0 Å². The molecule has 1 aromatic heterocycles. The second-order valence-corrected chi connectivity index (χ2v) is 9.99. The molecule has 1 aliphatic heterocycles. The average molecular weight is 506 g/mol. The summed E-state index contributed by atoms with van der Waals surface area (Å²) < 4.78 is 5.67. The Balaban J connectivity index is 1.75. The first-order valence-corrected chi connectivity index (χ1v) is 12.9. The smallest absolute Gasteiger partial charge is 0.334 e. The number of anilines is 1. The summed E-state index contributed by atoms with van der Waals surface area (Å²) in [5, 5.41) is 13.5. The van der Waals surface area contributed by atoms with Gasteiger partial charge in [0.15, 0.2) is 5.54 Å². The van der Waals surface area contributed by atoms with Crippen molar-refractivity contribution in [1.29, 1.82) is 0 Å². The zero-order chi connectivity index (χ0) is 27.0. The number of hydrogen-bond acceptors (Lipinski definition) is 5. The third kappa shape index (κ3) is 6.59. The maximum atomic E-state index is 12.8. The molecule has 0 saturated heterocycles. The molecular formula is C30H39N3O4. The molecule has 0 saturated carbocycles. The molecule has 1 aliphatic rings. The number of nitrogens with one attached hydrogen (secondary N) is 1. The summed E-state index contributed by atoms with van der Waals surface area (Å²) in [6, 6.07) is 8.99. The van der Waals surface area contributed by atoms with E-state index in [0.717, 1.165) is 30.4 Å². The van der Waals surface area contributed by atoms with Gasteiger partial charge in [-0.05, 0) is 62.8 Å². The first-order chi connectivity index (χ1) is 17.7. The lowest BCUT2D eigenvalue weighted by atomic mass is 9.85. The molecule has 0 bridgehead atoms. The molecule has 7 heteroatoms. The summed E-state index contributed by atoms with van der Waals surface area (Å²) in [4.78, 5) is 31.5. The van der Waals surface area contributed by atoms with Gasteiger partial charge in [0.1, 0.15) is 11.6 Å². The van der Waals surface area contributed by atoms with Crippen LogP contribution >= 0.6 is 0 Å². The third-order valence-corrected chi connectivity index (χ3v) is 6.73. The van der Waals surface area contributed by atoms with Crippen molar-refractivity contribution in [3.05, 3.63) is 71.4 Å². The second-order valence-electron chi connectivity index (χ2n) is 9.99. The Morgan fingerprint density at radius 3 is 2.76 bits per heavy atom. The molecule has 0 radical (unpaired) electrons. The first-order valence-electron chi connectivity index (χ1n) is 12.9. The van der Waals surface area contributed by atoms with Gasteiger partial charge < -0.3 is 20.1 Å². The van der Waals surface area contributed by atoms with Gasteiger partial charge >= 0.3 is 5.97 Å². The highest BCUT2D eigenvalue weighted by Crippen LogP contribution is 2.42. The molecule has 1 amide bonds. The van der Waals surface area contributed by atoms with Gasteiger partial charge in [-0.1, -0.05) is 50.3 Å². The van der Waals surface area contributed by atoms with E-state index in [1.165, 1.54) is 7.11 Å². The Labute approximate surface area is 220 Å². The van der Waals surface area contributed by atoms with Gasteiger partial charge in [-0.25, -0.2) is 9.78 Å². The molecule has 2 aromatic rings. The number of fused-ring (bicyclic) bond motifs is 1. The zero-order valence-corrected chi connectivity index (χ0v) is 22.5. The van der Waals surface area contributed by atoms with E-state index in [1.54, 1.807) is 25.3 Å². The topological polar surface area (TPSA) is 91.8 Å². The summed E-state index contributed by atoms with van der Waals surface area (Å²) >= 11 is 0. The number of carboxylic acids is 1. The Morgan fingerprint density at radius 2 is 2.05 bits per heavy atom. The number of benzene rings is 1. The molecule has 0 spiro atoms. The van der Waals surface area contributed by atoms with E-state index < -0.39 is 11.5 Å². The van der Waals surface area contributed by atoms with E-state index in [2.05, 4.69) is 36.3 Å². The lowest BCUT2D eigenvalue weighted by Crippen LogP contribution is -2.55. The molecule has 3 rings (SSSR count). The van der Waals surface area contributed by atoms with Gasteiger partial charge in [0.25, 0.3) is 0 Å². The molecule has 1 aromatic carbocycles. The van der Waals surface area contributed by atoms with Gasteiger partial charge in [0.05, 0.1) is 7.11 Å². The predicted molar refractivity (Wildman–Crippen MR) is 147 cm³/mol. The fourth-order valence-corrected chi connectivity index (χ4v) is 4.68. The third-order valence-electron chi connectivity index (χ3n) is 6.73. The van der Waals surface area contributed by atoms with Crippen molar-refractivity contribution >= 4 is 23.8 Å². The van der Waals surface area contributed by atoms with Gasteiger partial charge in [0.2, 0.25) is 5.91 Å². The number of carbonyl (C=O) groups excluding carboxylic acids is 1. The number of aliphatic carboxylic acids is 1. The van der Waals surface area contributed by atoms with Gasteiger partial charge in [-0.15, -0.1) is 0 Å². The predicted octanol–water partition coefficient (Wildman–Crippen LogP) is 5.70. The minimum atomic E-state index is -1.44. The van der Waals surface area contributed by atoms with E-state index in [9.17, 15) is 14.7 Å². The highest BCUT2D eigenvalue weighted by atomic mass is 16.5. The Bertz CT molecular complexity index is 1160. The summed E-state index contributed by atoms with van der Waals surface area (Å²) in [6.45, 7) is 8.27. The van der Waals surface area contributed by atoms with E-state index in [1.807, 2.05) is 42.2 Å². The van der Waals surface area contributed by atoms with Crippen LogP contribution in [0.4, 0.5) is 5.82 Å². The van der Waals surface area contributed by atoms with Crippen LogP contribution in [0.3, 0.4) is 0 Å².